The fourth-order valence-electron chi connectivity index (χ4n) is 1.62. The predicted molar refractivity (Wildman–Crippen MR) is 65.3 cm³/mol. The highest BCUT2D eigenvalue weighted by Crippen LogP contribution is 2.14. The third-order valence-electron chi connectivity index (χ3n) is 2.68. The van der Waals surface area contributed by atoms with Crippen molar-refractivity contribution in [2.45, 2.75) is 33.3 Å². The van der Waals surface area contributed by atoms with E-state index in [0.29, 0.717) is 6.42 Å². The van der Waals surface area contributed by atoms with Crippen LogP contribution in [0.3, 0.4) is 0 Å². The van der Waals surface area contributed by atoms with Gasteiger partial charge in [0.05, 0.1) is 12.0 Å². The minimum absolute atomic E-state index is 0.124. The first kappa shape index (κ1) is 12.7. The van der Waals surface area contributed by atoms with Crippen LogP contribution in [0, 0.1) is 12.8 Å². The van der Waals surface area contributed by atoms with Crippen LogP contribution < -0.4 is 5.32 Å². The van der Waals surface area contributed by atoms with Crippen LogP contribution in [0.4, 0.5) is 5.69 Å². The smallest absolute Gasteiger partial charge is 0.230 e. The molecule has 3 heteroatoms. The molecule has 0 spiro atoms. The summed E-state index contributed by atoms with van der Waals surface area (Å²) < 4.78 is 0. The molecular weight excluding hydrogens is 202 g/mol. The van der Waals surface area contributed by atoms with Crippen molar-refractivity contribution in [1.29, 1.82) is 0 Å². The highest BCUT2D eigenvalue weighted by molar-refractivity contribution is 5.92. The van der Waals surface area contributed by atoms with Gasteiger partial charge in [0.15, 0.2) is 0 Å². The van der Waals surface area contributed by atoms with Crippen LogP contribution in [0.2, 0.25) is 0 Å². The molecule has 0 fully saturated rings. The average Bonchev–Trinajstić information content (AvgIpc) is 2.22. The van der Waals surface area contributed by atoms with Gasteiger partial charge in [-0.25, -0.2) is 0 Å². The van der Waals surface area contributed by atoms with Crippen molar-refractivity contribution < 1.29 is 9.90 Å². The molecule has 0 aliphatic rings. The largest absolute Gasteiger partial charge is 0.393 e. The van der Waals surface area contributed by atoms with Gasteiger partial charge in [-0.1, -0.05) is 24.6 Å². The van der Waals surface area contributed by atoms with Gasteiger partial charge < -0.3 is 10.4 Å². The molecular formula is C13H19NO2. The minimum atomic E-state index is -0.615. The molecule has 0 heterocycles. The summed E-state index contributed by atoms with van der Waals surface area (Å²) in [5.41, 5.74) is 1.93. The van der Waals surface area contributed by atoms with Crippen molar-refractivity contribution in [2.24, 2.45) is 5.92 Å². The van der Waals surface area contributed by atoms with E-state index in [4.69, 9.17) is 0 Å². The molecule has 0 aromatic heterocycles. The Morgan fingerprint density at radius 2 is 1.94 bits per heavy atom. The number of hydrogen-bond donors (Lipinski definition) is 2. The Kier molecular flexibility index (Phi) is 4.50. The summed E-state index contributed by atoms with van der Waals surface area (Å²) in [4.78, 5) is 11.8. The van der Waals surface area contributed by atoms with Gasteiger partial charge in [-0.3, -0.25) is 4.79 Å². The summed E-state index contributed by atoms with van der Waals surface area (Å²) >= 11 is 0. The van der Waals surface area contributed by atoms with E-state index < -0.39 is 6.10 Å². The maximum absolute atomic E-state index is 11.8. The van der Waals surface area contributed by atoms with Crippen molar-refractivity contribution in [2.75, 3.05) is 5.32 Å². The molecule has 0 aliphatic carbocycles. The molecule has 0 bridgehead atoms. The van der Waals surface area contributed by atoms with Crippen LogP contribution >= 0.6 is 0 Å². The first-order valence-electron chi connectivity index (χ1n) is 5.60. The number of anilines is 1. The Morgan fingerprint density at radius 1 is 1.38 bits per heavy atom. The number of hydrogen-bond acceptors (Lipinski definition) is 2. The lowest BCUT2D eigenvalue weighted by atomic mass is 10.00. The zero-order valence-electron chi connectivity index (χ0n) is 10.0. The number of rotatable bonds is 4. The highest BCUT2D eigenvalue weighted by Gasteiger charge is 2.21. The number of carbonyl (C=O) groups excluding carboxylic acids is 1. The summed E-state index contributed by atoms with van der Waals surface area (Å²) in [5, 5.41) is 12.2. The van der Waals surface area contributed by atoms with E-state index in [1.165, 1.54) is 0 Å². The van der Waals surface area contributed by atoms with Gasteiger partial charge >= 0.3 is 0 Å². The van der Waals surface area contributed by atoms with Crippen LogP contribution in [0.15, 0.2) is 24.3 Å². The second-order valence-electron chi connectivity index (χ2n) is 4.11. The Hall–Kier alpha value is -1.35. The Bertz CT molecular complexity index is 343. The lowest BCUT2D eigenvalue weighted by Gasteiger charge is -2.17. The van der Waals surface area contributed by atoms with Crippen LogP contribution in [-0.4, -0.2) is 17.1 Å². The van der Waals surface area contributed by atoms with Gasteiger partial charge in [-0.2, -0.15) is 0 Å². The first-order valence-corrected chi connectivity index (χ1v) is 5.60. The van der Waals surface area contributed by atoms with Crippen LogP contribution in [0.25, 0.3) is 0 Å². The zero-order chi connectivity index (χ0) is 12.1. The number of benzene rings is 1. The number of carbonyl (C=O) groups is 1. The van der Waals surface area contributed by atoms with E-state index in [1.807, 2.05) is 38.1 Å². The molecule has 2 unspecified atom stereocenters. The number of aryl methyl sites for hydroxylation is 1. The maximum Gasteiger partial charge on any atom is 0.230 e. The summed E-state index contributed by atoms with van der Waals surface area (Å²) in [7, 11) is 0. The standard InChI is InChI=1S/C13H19NO2/c1-4-12(10(3)15)13(16)14-11-7-5-9(2)6-8-11/h5-8,10,12,15H,4H2,1-3H3,(H,14,16). The lowest BCUT2D eigenvalue weighted by Crippen LogP contribution is -2.30. The summed E-state index contributed by atoms with van der Waals surface area (Å²) in [6.45, 7) is 5.53. The van der Waals surface area contributed by atoms with Crippen LogP contribution in [-0.2, 0) is 4.79 Å². The van der Waals surface area contributed by atoms with E-state index >= 15 is 0 Å². The molecule has 1 rings (SSSR count). The Labute approximate surface area is 96.5 Å². The molecule has 0 saturated heterocycles. The SMILES string of the molecule is CCC(C(=O)Nc1ccc(C)cc1)C(C)O. The van der Waals surface area contributed by atoms with E-state index in [1.54, 1.807) is 6.92 Å². The lowest BCUT2D eigenvalue weighted by molar-refractivity contribution is -0.123. The van der Waals surface area contributed by atoms with Gasteiger partial charge in [-0.15, -0.1) is 0 Å². The van der Waals surface area contributed by atoms with E-state index in [0.717, 1.165) is 11.3 Å². The maximum atomic E-state index is 11.8. The zero-order valence-corrected chi connectivity index (χ0v) is 10.0. The molecule has 0 radical (unpaired) electrons. The number of amides is 1. The fraction of sp³-hybridized carbons (Fsp3) is 0.462. The first-order chi connectivity index (χ1) is 7.54. The van der Waals surface area contributed by atoms with Gasteiger partial charge in [0.1, 0.15) is 0 Å². The number of nitrogens with one attached hydrogen (secondary N) is 1. The van der Waals surface area contributed by atoms with E-state index in [2.05, 4.69) is 5.32 Å². The molecule has 1 aromatic carbocycles. The predicted octanol–water partition coefficient (Wildman–Crippen LogP) is 2.34. The van der Waals surface area contributed by atoms with Crippen molar-refractivity contribution in [3.8, 4) is 0 Å². The molecule has 2 N–H and O–H groups in total. The third-order valence-corrected chi connectivity index (χ3v) is 2.68. The Balaban J connectivity index is 2.66. The Morgan fingerprint density at radius 3 is 2.38 bits per heavy atom. The highest BCUT2D eigenvalue weighted by atomic mass is 16.3. The topological polar surface area (TPSA) is 49.3 Å². The molecule has 88 valence electrons. The van der Waals surface area contributed by atoms with Crippen LogP contribution in [0.1, 0.15) is 25.8 Å². The molecule has 16 heavy (non-hydrogen) atoms. The summed E-state index contributed by atoms with van der Waals surface area (Å²) in [5.74, 6) is -0.470. The van der Waals surface area contributed by atoms with Crippen molar-refractivity contribution in [3.63, 3.8) is 0 Å². The van der Waals surface area contributed by atoms with Crippen molar-refractivity contribution >= 4 is 11.6 Å². The molecule has 1 amide bonds. The summed E-state index contributed by atoms with van der Waals surface area (Å²) in [6, 6.07) is 7.61. The minimum Gasteiger partial charge on any atom is -0.393 e. The van der Waals surface area contributed by atoms with Gasteiger partial charge in [0.25, 0.3) is 0 Å². The van der Waals surface area contributed by atoms with E-state index in [-0.39, 0.29) is 11.8 Å². The number of aliphatic hydroxyl groups is 1. The summed E-state index contributed by atoms with van der Waals surface area (Å²) in [6.07, 6.45) is 0.0190. The van der Waals surface area contributed by atoms with Crippen molar-refractivity contribution in [3.05, 3.63) is 29.8 Å². The van der Waals surface area contributed by atoms with E-state index in [9.17, 15) is 9.90 Å². The molecule has 0 saturated carbocycles. The van der Waals surface area contributed by atoms with Gasteiger partial charge in [0.2, 0.25) is 5.91 Å². The van der Waals surface area contributed by atoms with Gasteiger partial charge in [0, 0.05) is 5.69 Å². The molecule has 2 atom stereocenters. The monoisotopic (exact) mass is 221 g/mol. The number of aliphatic hydroxyl groups excluding tert-OH is 1. The second kappa shape index (κ2) is 5.66. The average molecular weight is 221 g/mol. The fourth-order valence-corrected chi connectivity index (χ4v) is 1.62. The molecule has 3 nitrogen and oxygen atoms in total. The quantitative estimate of drug-likeness (QED) is 0.820. The normalized spacial score (nSPS) is 14.2. The second-order valence-corrected chi connectivity index (χ2v) is 4.11. The molecule has 1 aromatic rings. The van der Waals surface area contributed by atoms with Crippen molar-refractivity contribution in [1.82, 2.24) is 0 Å². The third kappa shape index (κ3) is 3.35. The van der Waals surface area contributed by atoms with Gasteiger partial charge in [-0.05, 0) is 32.4 Å². The van der Waals surface area contributed by atoms with Crippen LogP contribution in [0.5, 0.6) is 0 Å². The molecule has 0 aliphatic heterocycles.